The Kier molecular flexibility index (Phi) is 34.3. The second kappa shape index (κ2) is 37.0. The zero-order valence-corrected chi connectivity index (χ0v) is 28.3. The third kappa shape index (κ3) is 35.1. The van der Waals surface area contributed by atoms with Crippen molar-refractivity contribution in [2.45, 2.75) is 110 Å². The number of carbonyl (C=O) groups excluding carboxylic acids is 1. The lowest BCUT2D eigenvalue weighted by molar-refractivity contribution is -0.154. The van der Waals surface area contributed by atoms with Crippen LogP contribution in [0.2, 0.25) is 0 Å². The quantitative estimate of drug-likeness (QED) is 0.0515. The van der Waals surface area contributed by atoms with Gasteiger partial charge in [-0.1, -0.05) is 135 Å². The lowest BCUT2D eigenvalue weighted by atomic mass is 10.2. The van der Waals surface area contributed by atoms with Gasteiger partial charge in [0.2, 0.25) is 0 Å². The van der Waals surface area contributed by atoms with Gasteiger partial charge in [0, 0.05) is 13.0 Å². The molecule has 0 aliphatic carbocycles. The van der Waals surface area contributed by atoms with Crippen LogP contribution in [0.1, 0.15) is 104 Å². The predicted molar refractivity (Wildman–Crippen MR) is 195 cm³/mol. The first-order valence-electron chi connectivity index (χ1n) is 17.1. The van der Waals surface area contributed by atoms with E-state index in [0.29, 0.717) is 19.4 Å². The van der Waals surface area contributed by atoms with Crippen molar-refractivity contribution in [3.05, 3.63) is 122 Å². The van der Waals surface area contributed by atoms with Gasteiger partial charge in [-0.3, -0.25) is 4.79 Å². The maximum atomic E-state index is 12.1. The summed E-state index contributed by atoms with van der Waals surface area (Å²) in [6.45, 7) is 4.85. The average Bonchev–Trinajstić information content (AvgIpc) is 3.05. The number of unbranched alkanes of at least 4 members (excludes halogenated alkanes) is 1. The van der Waals surface area contributed by atoms with Crippen molar-refractivity contribution in [2.24, 2.45) is 0 Å². The molecule has 0 saturated heterocycles. The Morgan fingerprint density at radius 2 is 0.889 bits per heavy atom. The van der Waals surface area contributed by atoms with Gasteiger partial charge in [0.05, 0.1) is 13.2 Å². The normalized spacial score (nSPS) is 13.9. The Morgan fingerprint density at radius 3 is 1.27 bits per heavy atom. The topological polar surface area (TPSA) is 55.8 Å². The molecule has 0 aliphatic heterocycles. The number of esters is 1. The van der Waals surface area contributed by atoms with Crippen LogP contribution in [0.3, 0.4) is 0 Å². The van der Waals surface area contributed by atoms with Crippen LogP contribution in [0.5, 0.6) is 0 Å². The van der Waals surface area contributed by atoms with Crippen LogP contribution in [0, 0.1) is 0 Å². The molecule has 0 aliphatic rings. The number of allylic oxidation sites excluding steroid dienone is 20. The lowest BCUT2D eigenvalue weighted by Crippen LogP contribution is -2.27. The molecule has 0 aromatic heterocycles. The number of aliphatic hydroxyl groups is 1. The van der Waals surface area contributed by atoms with Gasteiger partial charge in [-0.05, 0) is 83.5 Å². The molecule has 0 aromatic carbocycles. The molecule has 1 unspecified atom stereocenters. The van der Waals surface area contributed by atoms with Crippen LogP contribution in [0.25, 0.3) is 0 Å². The van der Waals surface area contributed by atoms with Gasteiger partial charge in [-0.25, -0.2) is 0 Å². The van der Waals surface area contributed by atoms with Gasteiger partial charge >= 0.3 is 5.97 Å². The second-order valence-electron chi connectivity index (χ2n) is 10.5. The molecule has 0 radical (unpaired) electrons. The SMILES string of the molecule is CC/C=C\C/C=C\C/C=C\C/C=C\C/C=C\C/C=C\CCC(=O)OC(CO)COCCC/C=C\C/C=C\C/C=C\C/C=C\CC. The van der Waals surface area contributed by atoms with Crippen LogP contribution in [-0.4, -0.2) is 37.0 Å². The third-order valence-corrected chi connectivity index (χ3v) is 6.30. The summed E-state index contributed by atoms with van der Waals surface area (Å²) >= 11 is 0. The summed E-state index contributed by atoms with van der Waals surface area (Å²) in [7, 11) is 0. The molecule has 1 N–H and O–H groups in total. The first-order valence-corrected chi connectivity index (χ1v) is 17.1. The lowest BCUT2D eigenvalue weighted by Gasteiger charge is -2.15. The molecule has 1 atom stereocenters. The fourth-order valence-electron chi connectivity index (χ4n) is 3.83. The van der Waals surface area contributed by atoms with Crippen LogP contribution in [0.4, 0.5) is 0 Å². The number of hydrogen-bond donors (Lipinski definition) is 1. The predicted octanol–water partition coefficient (Wildman–Crippen LogP) is 11.0. The maximum absolute atomic E-state index is 12.1. The molecule has 0 spiro atoms. The zero-order valence-electron chi connectivity index (χ0n) is 28.3. The highest BCUT2D eigenvalue weighted by Gasteiger charge is 2.13. The summed E-state index contributed by atoms with van der Waals surface area (Å²) in [4.78, 5) is 12.1. The summed E-state index contributed by atoms with van der Waals surface area (Å²) in [5.41, 5.74) is 0. The van der Waals surface area contributed by atoms with E-state index in [4.69, 9.17) is 9.47 Å². The van der Waals surface area contributed by atoms with Crippen LogP contribution in [-0.2, 0) is 14.3 Å². The Hall–Kier alpha value is -3.21. The molecule has 0 fully saturated rings. The van der Waals surface area contributed by atoms with E-state index < -0.39 is 6.10 Å². The standard InChI is InChI=1S/C41H62O4/c1-3-5-7-9-11-13-15-17-19-20-21-22-23-24-26-28-30-32-34-36-41(43)45-40(38-42)39-44-37-35-33-31-29-27-25-18-16-14-12-10-8-6-4-2/h5-8,11-14,17-19,21-22,24-26,29-32,40,42H,3-4,9-10,15-16,20,23,27-28,33-39H2,1-2H3/b7-5-,8-6-,13-11-,14-12-,19-17-,22-21-,25-18-,26-24-,31-29-,32-30-. The highest BCUT2D eigenvalue weighted by atomic mass is 16.6. The molecule has 0 bridgehead atoms. The van der Waals surface area contributed by atoms with Crippen molar-refractivity contribution >= 4 is 5.97 Å². The smallest absolute Gasteiger partial charge is 0.306 e. The van der Waals surface area contributed by atoms with Crippen molar-refractivity contribution in [1.82, 2.24) is 0 Å². The second-order valence-corrected chi connectivity index (χ2v) is 10.5. The summed E-state index contributed by atoms with van der Waals surface area (Å²) < 4.78 is 11.0. The number of hydrogen-bond acceptors (Lipinski definition) is 4. The molecule has 0 saturated carbocycles. The first-order chi connectivity index (χ1) is 22.2. The van der Waals surface area contributed by atoms with Crippen LogP contribution in [0.15, 0.2) is 122 Å². The number of rotatable bonds is 29. The molecular weight excluding hydrogens is 556 g/mol. The fraction of sp³-hybridized carbons (Fsp3) is 0.488. The van der Waals surface area contributed by atoms with Crippen molar-refractivity contribution in [3.63, 3.8) is 0 Å². The summed E-state index contributed by atoms with van der Waals surface area (Å²) in [5, 5.41) is 9.52. The molecule has 45 heavy (non-hydrogen) atoms. The summed E-state index contributed by atoms with van der Waals surface area (Å²) in [6, 6.07) is 0. The molecule has 0 rings (SSSR count). The van der Waals surface area contributed by atoms with Gasteiger partial charge in [0.25, 0.3) is 0 Å². The van der Waals surface area contributed by atoms with E-state index in [-0.39, 0.29) is 19.2 Å². The Morgan fingerprint density at radius 1 is 0.533 bits per heavy atom. The molecule has 0 heterocycles. The average molecular weight is 619 g/mol. The minimum Gasteiger partial charge on any atom is -0.457 e. The molecule has 250 valence electrons. The van der Waals surface area contributed by atoms with E-state index in [1.54, 1.807) is 0 Å². The van der Waals surface area contributed by atoms with Crippen molar-refractivity contribution < 1.29 is 19.4 Å². The Labute approximate surface area is 276 Å². The monoisotopic (exact) mass is 618 g/mol. The van der Waals surface area contributed by atoms with E-state index in [9.17, 15) is 9.90 Å². The van der Waals surface area contributed by atoms with Gasteiger partial charge < -0.3 is 14.6 Å². The van der Waals surface area contributed by atoms with Crippen LogP contribution >= 0.6 is 0 Å². The minimum atomic E-state index is -0.611. The molecule has 0 aromatic rings. The number of ether oxygens (including phenoxy) is 2. The first kappa shape index (κ1) is 41.8. The van der Waals surface area contributed by atoms with E-state index in [0.717, 1.165) is 77.0 Å². The molecule has 4 heteroatoms. The molecular formula is C41H62O4. The van der Waals surface area contributed by atoms with E-state index >= 15 is 0 Å². The van der Waals surface area contributed by atoms with Gasteiger partial charge in [0.15, 0.2) is 0 Å². The molecule has 4 nitrogen and oxygen atoms in total. The highest BCUT2D eigenvalue weighted by Crippen LogP contribution is 2.03. The van der Waals surface area contributed by atoms with E-state index in [1.165, 1.54) is 0 Å². The van der Waals surface area contributed by atoms with Gasteiger partial charge in [-0.15, -0.1) is 0 Å². The third-order valence-electron chi connectivity index (χ3n) is 6.30. The van der Waals surface area contributed by atoms with Crippen molar-refractivity contribution in [2.75, 3.05) is 19.8 Å². The van der Waals surface area contributed by atoms with E-state index in [1.807, 2.05) is 6.08 Å². The number of aliphatic hydroxyl groups excluding tert-OH is 1. The fourth-order valence-corrected chi connectivity index (χ4v) is 3.83. The Balaban J connectivity index is 3.76. The summed E-state index contributed by atoms with van der Waals surface area (Å²) in [6.07, 6.45) is 55.4. The highest BCUT2D eigenvalue weighted by molar-refractivity contribution is 5.69. The van der Waals surface area contributed by atoms with Gasteiger partial charge in [0.1, 0.15) is 6.10 Å². The Bertz CT molecular complexity index is 956. The van der Waals surface area contributed by atoms with Crippen molar-refractivity contribution in [1.29, 1.82) is 0 Å². The minimum absolute atomic E-state index is 0.219. The number of carbonyl (C=O) groups is 1. The molecule has 0 amide bonds. The zero-order chi connectivity index (χ0) is 32.7. The van der Waals surface area contributed by atoms with E-state index in [2.05, 4.69) is 129 Å². The largest absolute Gasteiger partial charge is 0.457 e. The van der Waals surface area contributed by atoms with Crippen LogP contribution < -0.4 is 0 Å². The maximum Gasteiger partial charge on any atom is 0.306 e. The van der Waals surface area contributed by atoms with Gasteiger partial charge in [-0.2, -0.15) is 0 Å². The van der Waals surface area contributed by atoms with Crippen molar-refractivity contribution in [3.8, 4) is 0 Å². The summed E-state index contributed by atoms with van der Waals surface area (Å²) in [5.74, 6) is -0.308.